The van der Waals surface area contributed by atoms with Gasteiger partial charge in [0.1, 0.15) is 17.5 Å². The Labute approximate surface area is 202 Å². The van der Waals surface area contributed by atoms with Crippen LogP contribution in [0.1, 0.15) is 58.4 Å². The lowest BCUT2D eigenvalue weighted by Gasteiger charge is -2.37. The van der Waals surface area contributed by atoms with Crippen molar-refractivity contribution in [2.45, 2.75) is 83.3 Å². The highest BCUT2D eigenvalue weighted by Gasteiger charge is 2.44. The second-order valence-electron chi connectivity index (χ2n) is 10.7. The highest BCUT2D eigenvalue weighted by Crippen LogP contribution is 2.28. The zero-order valence-electron chi connectivity index (χ0n) is 20.7. The fraction of sp³-hybridized carbons (Fsp3) is 0.692. The second kappa shape index (κ2) is 10.6. The molecule has 2 aliphatic heterocycles. The Morgan fingerprint density at radius 2 is 1.88 bits per heavy atom. The van der Waals surface area contributed by atoms with Crippen LogP contribution >= 0.6 is 0 Å². The lowest BCUT2D eigenvalue weighted by atomic mass is 9.91. The molecular formula is C26H38FN3O4. The van der Waals surface area contributed by atoms with Gasteiger partial charge >= 0.3 is 6.09 Å². The van der Waals surface area contributed by atoms with Crippen LogP contribution in [0.4, 0.5) is 9.18 Å². The fourth-order valence-electron chi connectivity index (χ4n) is 5.00. The summed E-state index contributed by atoms with van der Waals surface area (Å²) in [5.41, 5.74) is 0.0686. The Hall–Kier alpha value is -2.19. The molecule has 1 aromatic rings. The maximum atomic E-state index is 13.6. The summed E-state index contributed by atoms with van der Waals surface area (Å²) in [6.07, 6.45) is 4.36. The number of rotatable bonds is 5. The summed E-state index contributed by atoms with van der Waals surface area (Å²) in [7, 11) is 0. The summed E-state index contributed by atoms with van der Waals surface area (Å²) in [5, 5.41) is 0. The molecule has 2 atom stereocenters. The number of carbonyl (C=O) groups excluding carboxylic acids is 2. The first-order chi connectivity index (χ1) is 16.2. The van der Waals surface area contributed by atoms with E-state index in [4.69, 9.17) is 9.47 Å². The minimum Gasteiger partial charge on any atom is -0.444 e. The van der Waals surface area contributed by atoms with Gasteiger partial charge in [0.2, 0.25) is 5.91 Å². The summed E-state index contributed by atoms with van der Waals surface area (Å²) in [6.45, 7) is 9.26. The van der Waals surface area contributed by atoms with Crippen molar-refractivity contribution in [2.24, 2.45) is 0 Å². The number of hydrogen-bond donors (Lipinski definition) is 0. The number of halogens is 1. The molecule has 2 heterocycles. The second-order valence-corrected chi connectivity index (χ2v) is 10.7. The molecule has 8 heteroatoms. The van der Waals surface area contributed by atoms with Crippen LogP contribution < -0.4 is 0 Å². The minimum atomic E-state index is -0.656. The standard InChI is InChI=1S/C26H38FN3O4/c1-26(2,3)34-25(32)30-17-22(33-18-19-7-4-8-20(27)15-19)16-23(30)24(31)29-12-6-11-28(13-14-29)21-9-5-10-21/h4,7-8,15,21-23H,5-6,9-14,16-18H2,1-3H3/t22-,23-/m1/s1. The maximum absolute atomic E-state index is 13.6. The van der Waals surface area contributed by atoms with E-state index < -0.39 is 17.7 Å². The van der Waals surface area contributed by atoms with Gasteiger partial charge in [-0.15, -0.1) is 0 Å². The quantitative estimate of drug-likeness (QED) is 0.648. The third-order valence-electron chi connectivity index (χ3n) is 6.98. The number of ether oxygens (including phenoxy) is 2. The van der Waals surface area contributed by atoms with Gasteiger partial charge in [-0.25, -0.2) is 9.18 Å². The van der Waals surface area contributed by atoms with Crippen molar-refractivity contribution in [3.8, 4) is 0 Å². The summed E-state index contributed by atoms with van der Waals surface area (Å²) in [5.74, 6) is -0.341. The van der Waals surface area contributed by atoms with Crippen LogP contribution in [0, 0.1) is 5.82 Å². The Balaban J connectivity index is 1.42. The molecule has 7 nitrogen and oxygen atoms in total. The van der Waals surface area contributed by atoms with Gasteiger partial charge in [0.25, 0.3) is 0 Å². The van der Waals surface area contributed by atoms with Crippen molar-refractivity contribution in [3.05, 3.63) is 35.6 Å². The third-order valence-corrected chi connectivity index (χ3v) is 6.98. The topological polar surface area (TPSA) is 62.3 Å². The summed E-state index contributed by atoms with van der Waals surface area (Å²) in [4.78, 5) is 32.6. The number of hydrogen-bond acceptors (Lipinski definition) is 5. The summed E-state index contributed by atoms with van der Waals surface area (Å²) >= 11 is 0. The van der Waals surface area contributed by atoms with E-state index in [2.05, 4.69) is 4.90 Å². The van der Waals surface area contributed by atoms with Gasteiger partial charge in [-0.05, 0) is 57.7 Å². The molecule has 3 aliphatic rings. The number of amides is 2. The number of nitrogens with zero attached hydrogens (tertiary/aromatic N) is 3. The molecule has 34 heavy (non-hydrogen) atoms. The average molecular weight is 476 g/mol. The van der Waals surface area contributed by atoms with Crippen molar-refractivity contribution >= 4 is 12.0 Å². The predicted octanol–water partition coefficient (Wildman–Crippen LogP) is 3.81. The van der Waals surface area contributed by atoms with Gasteiger partial charge in [0, 0.05) is 38.6 Å². The van der Waals surface area contributed by atoms with Crippen LogP contribution in [0.3, 0.4) is 0 Å². The van der Waals surface area contributed by atoms with Gasteiger partial charge in [-0.1, -0.05) is 18.6 Å². The highest BCUT2D eigenvalue weighted by atomic mass is 19.1. The van der Waals surface area contributed by atoms with Gasteiger partial charge in [0.15, 0.2) is 0 Å². The zero-order chi connectivity index (χ0) is 24.3. The fourth-order valence-corrected chi connectivity index (χ4v) is 5.00. The predicted molar refractivity (Wildman–Crippen MR) is 127 cm³/mol. The van der Waals surface area contributed by atoms with Gasteiger partial charge < -0.3 is 14.4 Å². The molecule has 0 unspecified atom stereocenters. The zero-order valence-corrected chi connectivity index (χ0v) is 20.7. The van der Waals surface area contributed by atoms with Crippen molar-refractivity contribution in [3.63, 3.8) is 0 Å². The lowest BCUT2D eigenvalue weighted by molar-refractivity contribution is -0.135. The molecule has 0 bridgehead atoms. The SMILES string of the molecule is CC(C)(C)OC(=O)N1C[C@H](OCc2cccc(F)c2)C[C@@H]1C(=O)N1CCCN(C2CCC2)CC1. The normalized spacial score (nSPS) is 24.6. The molecule has 4 rings (SSSR count). The monoisotopic (exact) mass is 475 g/mol. The first-order valence-electron chi connectivity index (χ1n) is 12.6. The Morgan fingerprint density at radius 3 is 2.56 bits per heavy atom. The van der Waals surface area contributed by atoms with Crippen LogP contribution in [0.5, 0.6) is 0 Å². The van der Waals surface area contributed by atoms with Crippen molar-refractivity contribution in [1.29, 1.82) is 0 Å². The van der Waals surface area contributed by atoms with Crippen LogP contribution in [0.15, 0.2) is 24.3 Å². The van der Waals surface area contributed by atoms with Crippen LogP contribution in [0.25, 0.3) is 0 Å². The van der Waals surface area contributed by atoms with E-state index in [1.165, 1.54) is 36.3 Å². The van der Waals surface area contributed by atoms with E-state index in [1.54, 1.807) is 12.1 Å². The molecule has 0 radical (unpaired) electrons. The van der Waals surface area contributed by atoms with Crippen LogP contribution in [-0.2, 0) is 20.9 Å². The molecule has 188 valence electrons. The Bertz CT molecular complexity index is 870. The van der Waals surface area contributed by atoms with E-state index in [0.29, 0.717) is 25.6 Å². The third kappa shape index (κ3) is 6.27. The Kier molecular flexibility index (Phi) is 7.77. The first kappa shape index (κ1) is 24.9. The maximum Gasteiger partial charge on any atom is 0.411 e. The summed E-state index contributed by atoms with van der Waals surface area (Å²) < 4.78 is 25.2. The molecule has 3 fully saturated rings. The number of likely N-dealkylation sites (tertiary alicyclic amines) is 1. The molecular weight excluding hydrogens is 437 g/mol. The minimum absolute atomic E-state index is 0.0295. The number of benzene rings is 1. The van der Waals surface area contributed by atoms with E-state index >= 15 is 0 Å². The van der Waals surface area contributed by atoms with Crippen LogP contribution in [-0.4, -0.2) is 83.2 Å². The molecule has 1 saturated carbocycles. The molecule has 2 saturated heterocycles. The molecule has 0 N–H and O–H groups in total. The Morgan fingerprint density at radius 1 is 1.09 bits per heavy atom. The molecule has 1 aliphatic carbocycles. The highest BCUT2D eigenvalue weighted by molar-refractivity contribution is 5.86. The largest absolute Gasteiger partial charge is 0.444 e. The van der Waals surface area contributed by atoms with Crippen molar-refractivity contribution < 1.29 is 23.5 Å². The van der Waals surface area contributed by atoms with E-state index in [9.17, 15) is 14.0 Å². The van der Waals surface area contributed by atoms with Gasteiger partial charge in [0.05, 0.1) is 19.3 Å². The van der Waals surface area contributed by atoms with E-state index in [0.717, 1.165) is 25.1 Å². The smallest absolute Gasteiger partial charge is 0.411 e. The lowest BCUT2D eigenvalue weighted by Crippen LogP contribution is -2.50. The van der Waals surface area contributed by atoms with Crippen molar-refractivity contribution in [2.75, 3.05) is 32.7 Å². The molecule has 0 spiro atoms. The number of carbonyl (C=O) groups is 2. The molecule has 0 aromatic heterocycles. The first-order valence-corrected chi connectivity index (χ1v) is 12.6. The van der Waals surface area contributed by atoms with Crippen LogP contribution in [0.2, 0.25) is 0 Å². The van der Waals surface area contributed by atoms with E-state index in [1.807, 2.05) is 25.7 Å². The van der Waals surface area contributed by atoms with Crippen molar-refractivity contribution in [1.82, 2.24) is 14.7 Å². The average Bonchev–Trinajstić information content (AvgIpc) is 3.02. The molecule has 2 amide bonds. The molecule has 1 aromatic carbocycles. The van der Waals surface area contributed by atoms with E-state index in [-0.39, 0.29) is 31.0 Å². The summed E-state index contributed by atoms with van der Waals surface area (Å²) in [6, 6.07) is 6.34. The van der Waals surface area contributed by atoms with Gasteiger partial charge in [-0.3, -0.25) is 14.6 Å². The van der Waals surface area contributed by atoms with Gasteiger partial charge in [-0.2, -0.15) is 0 Å².